The van der Waals surface area contributed by atoms with Crippen LogP contribution < -0.4 is 0 Å². The summed E-state index contributed by atoms with van der Waals surface area (Å²) in [5.74, 6) is -1.60. The van der Waals surface area contributed by atoms with E-state index >= 15 is 0 Å². The predicted octanol–water partition coefficient (Wildman–Crippen LogP) is 3.90. The molecule has 0 amide bonds. The second kappa shape index (κ2) is 9.19. The number of esters is 2. The maximum atomic E-state index is 12.4. The number of carbonyl (C=O) groups is 3. The van der Waals surface area contributed by atoms with Gasteiger partial charge >= 0.3 is 11.9 Å². The van der Waals surface area contributed by atoms with E-state index in [1.807, 2.05) is 0 Å². The maximum absolute atomic E-state index is 12.4. The molecular weight excluding hydrogens is 370 g/mol. The van der Waals surface area contributed by atoms with Gasteiger partial charge in [-0.1, -0.05) is 29.8 Å². The van der Waals surface area contributed by atoms with Crippen LogP contribution in [0.4, 0.5) is 0 Å². The van der Waals surface area contributed by atoms with Crippen molar-refractivity contribution in [2.75, 3.05) is 13.2 Å². The van der Waals surface area contributed by atoms with Crippen LogP contribution in [-0.4, -0.2) is 35.9 Å². The van der Waals surface area contributed by atoms with E-state index in [1.54, 1.807) is 45.0 Å². The molecule has 0 aliphatic heterocycles. The topological polar surface area (TPSA) is 85.5 Å². The number of ether oxygens (including phenoxy) is 2. The minimum Gasteiger partial charge on any atom is -0.461 e. The quantitative estimate of drug-likeness (QED) is 0.441. The Morgan fingerprint density at radius 3 is 2.52 bits per heavy atom. The molecule has 0 spiro atoms. The van der Waals surface area contributed by atoms with Crippen LogP contribution in [0, 0.1) is 13.8 Å². The number of nitrogens with one attached hydrogen (secondary N) is 1. The molecule has 0 unspecified atom stereocenters. The molecule has 0 aliphatic rings. The highest BCUT2D eigenvalue weighted by Crippen LogP contribution is 2.20. The van der Waals surface area contributed by atoms with Gasteiger partial charge in [-0.3, -0.25) is 4.79 Å². The molecule has 0 bridgehead atoms. The van der Waals surface area contributed by atoms with Crippen molar-refractivity contribution in [3.8, 4) is 0 Å². The maximum Gasteiger partial charge on any atom is 0.355 e. The summed E-state index contributed by atoms with van der Waals surface area (Å²) in [7, 11) is 0. The number of halogens is 1. The second-order valence-electron chi connectivity index (χ2n) is 5.73. The van der Waals surface area contributed by atoms with Crippen molar-refractivity contribution in [3.63, 3.8) is 0 Å². The Bertz CT molecular complexity index is 898. The number of carbonyl (C=O) groups excluding carboxylic acids is 3. The highest BCUT2D eigenvalue weighted by atomic mass is 35.5. The van der Waals surface area contributed by atoms with Gasteiger partial charge in [0.2, 0.25) is 5.78 Å². The summed E-state index contributed by atoms with van der Waals surface area (Å²) in [6.07, 6.45) is 2.72. The number of aromatic nitrogens is 1. The molecule has 0 fully saturated rings. The van der Waals surface area contributed by atoms with E-state index in [0.717, 1.165) is 0 Å². The summed E-state index contributed by atoms with van der Waals surface area (Å²) < 4.78 is 9.95. The molecule has 0 aliphatic carbocycles. The molecule has 6 nitrogen and oxygen atoms in total. The van der Waals surface area contributed by atoms with Crippen molar-refractivity contribution >= 4 is 35.4 Å². The minimum absolute atomic E-state index is 0.225. The van der Waals surface area contributed by atoms with Gasteiger partial charge in [0, 0.05) is 22.4 Å². The third-order valence-electron chi connectivity index (χ3n) is 3.85. The summed E-state index contributed by atoms with van der Waals surface area (Å²) in [5, 5.41) is 0.502. The van der Waals surface area contributed by atoms with Crippen LogP contribution in [0.5, 0.6) is 0 Å². The molecule has 0 atom stereocenters. The lowest BCUT2D eigenvalue weighted by atomic mass is 10.1. The summed E-state index contributed by atoms with van der Waals surface area (Å²) >= 11 is 6.00. The lowest BCUT2D eigenvalue weighted by molar-refractivity contribution is -0.136. The first kappa shape index (κ1) is 20.5. The number of benzene rings is 1. The SMILES string of the molecule is CCOC(=O)c1[nH]c(C)c(C(=O)COC(=O)/C=C/c2ccccc2Cl)c1C. The van der Waals surface area contributed by atoms with Crippen molar-refractivity contribution in [3.05, 3.63) is 63.4 Å². The van der Waals surface area contributed by atoms with Gasteiger partial charge in [-0.15, -0.1) is 0 Å². The third-order valence-corrected chi connectivity index (χ3v) is 4.19. The Balaban J connectivity index is 2.02. The number of hydrogen-bond acceptors (Lipinski definition) is 5. The lowest BCUT2D eigenvalue weighted by Gasteiger charge is -2.04. The summed E-state index contributed by atoms with van der Waals surface area (Å²) in [4.78, 5) is 39.0. The smallest absolute Gasteiger partial charge is 0.355 e. The van der Waals surface area contributed by atoms with Gasteiger partial charge in [0.05, 0.1) is 6.61 Å². The molecule has 1 N–H and O–H groups in total. The first-order valence-electron chi connectivity index (χ1n) is 8.34. The molecule has 0 saturated carbocycles. The van der Waals surface area contributed by atoms with Gasteiger partial charge in [-0.2, -0.15) is 0 Å². The summed E-state index contributed by atoms with van der Waals surface area (Å²) in [5.41, 5.74) is 2.20. The molecule has 27 heavy (non-hydrogen) atoms. The molecule has 1 aromatic carbocycles. The third kappa shape index (κ3) is 5.08. The summed E-state index contributed by atoms with van der Waals surface area (Å²) in [6, 6.07) is 7.02. The van der Waals surface area contributed by atoms with Gasteiger partial charge in [0.1, 0.15) is 5.69 Å². The number of aryl methyl sites for hydroxylation is 1. The predicted molar refractivity (Wildman–Crippen MR) is 102 cm³/mol. The molecule has 2 aromatic rings. The molecular formula is C20H20ClNO5. The molecule has 7 heteroatoms. The van der Waals surface area contributed by atoms with Gasteiger partial charge in [-0.05, 0) is 44.0 Å². The van der Waals surface area contributed by atoms with Gasteiger partial charge in [-0.25, -0.2) is 9.59 Å². The number of ketones is 1. The van der Waals surface area contributed by atoms with E-state index in [2.05, 4.69) is 4.98 Å². The van der Waals surface area contributed by atoms with Gasteiger partial charge in [0.25, 0.3) is 0 Å². The number of hydrogen-bond donors (Lipinski definition) is 1. The molecule has 1 heterocycles. The fraction of sp³-hybridized carbons (Fsp3) is 0.250. The largest absolute Gasteiger partial charge is 0.461 e. The molecule has 0 saturated heterocycles. The van der Waals surface area contributed by atoms with Crippen LogP contribution in [-0.2, 0) is 14.3 Å². The second-order valence-corrected chi connectivity index (χ2v) is 6.14. The monoisotopic (exact) mass is 389 g/mol. The zero-order valence-electron chi connectivity index (χ0n) is 15.3. The Morgan fingerprint density at radius 2 is 1.85 bits per heavy atom. The minimum atomic E-state index is -0.667. The molecule has 1 aromatic heterocycles. The zero-order chi connectivity index (χ0) is 20.0. The summed E-state index contributed by atoms with van der Waals surface area (Å²) in [6.45, 7) is 4.80. The van der Waals surface area contributed by atoms with Crippen molar-refractivity contribution in [1.29, 1.82) is 0 Å². The van der Waals surface area contributed by atoms with Crippen molar-refractivity contribution < 1.29 is 23.9 Å². The van der Waals surface area contributed by atoms with Gasteiger partial charge in [0.15, 0.2) is 6.61 Å². The first-order chi connectivity index (χ1) is 12.8. The standard InChI is InChI=1S/C20H20ClNO5/c1-4-26-20(25)19-12(2)18(13(3)22-19)16(23)11-27-17(24)10-9-14-7-5-6-8-15(14)21/h5-10,22H,4,11H2,1-3H3/b10-9+. The van der Waals surface area contributed by atoms with E-state index in [4.69, 9.17) is 21.1 Å². The molecule has 0 radical (unpaired) electrons. The highest BCUT2D eigenvalue weighted by molar-refractivity contribution is 6.32. The van der Waals surface area contributed by atoms with Crippen molar-refractivity contribution in [1.82, 2.24) is 4.98 Å². The highest BCUT2D eigenvalue weighted by Gasteiger charge is 2.23. The fourth-order valence-corrected chi connectivity index (χ4v) is 2.80. The van der Waals surface area contributed by atoms with E-state index in [9.17, 15) is 14.4 Å². The number of Topliss-reactive ketones (excluding diaryl/α,β-unsaturated/α-hetero) is 1. The number of H-pyrrole nitrogens is 1. The van der Waals surface area contributed by atoms with Crippen LogP contribution in [0.1, 0.15) is 44.6 Å². The fourth-order valence-electron chi connectivity index (χ4n) is 2.60. The van der Waals surface area contributed by atoms with Crippen molar-refractivity contribution in [2.24, 2.45) is 0 Å². The van der Waals surface area contributed by atoms with Crippen LogP contribution in [0.15, 0.2) is 30.3 Å². The Morgan fingerprint density at radius 1 is 1.15 bits per heavy atom. The van der Waals surface area contributed by atoms with Gasteiger partial charge < -0.3 is 14.5 Å². The molecule has 142 valence electrons. The van der Waals surface area contributed by atoms with E-state index in [1.165, 1.54) is 12.2 Å². The van der Waals surface area contributed by atoms with E-state index in [-0.39, 0.29) is 12.3 Å². The normalized spacial score (nSPS) is 10.8. The Kier molecular flexibility index (Phi) is 6.96. The Labute approximate surface area is 162 Å². The van der Waals surface area contributed by atoms with E-state index < -0.39 is 24.3 Å². The van der Waals surface area contributed by atoms with Crippen LogP contribution in [0.3, 0.4) is 0 Å². The van der Waals surface area contributed by atoms with Crippen LogP contribution in [0.25, 0.3) is 6.08 Å². The molecule has 2 rings (SSSR count). The average Bonchev–Trinajstić information content (AvgIpc) is 2.93. The Hall–Kier alpha value is -2.86. The zero-order valence-corrected chi connectivity index (χ0v) is 16.1. The lowest BCUT2D eigenvalue weighted by Crippen LogP contribution is -2.14. The van der Waals surface area contributed by atoms with Crippen LogP contribution >= 0.6 is 11.6 Å². The van der Waals surface area contributed by atoms with Crippen molar-refractivity contribution in [2.45, 2.75) is 20.8 Å². The van der Waals surface area contributed by atoms with E-state index in [0.29, 0.717) is 27.4 Å². The first-order valence-corrected chi connectivity index (χ1v) is 8.71. The number of rotatable bonds is 7. The van der Waals surface area contributed by atoms with Crippen LogP contribution in [0.2, 0.25) is 5.02 Å². The number of aromatic amines is 1. The average molecular weight is 390 g/mol.